The fraction of sp³-hybridized carbons (Fsp3) is 0.471. The number of carbonyl (C=O) groups is 1. The topological polar surface area (TPSA) is 17.1 Å². The zero-order valence-corrected chi connectivity index (χ0v) is 11.9. The van der Waals surface area contributed by atoms with Crippen molar-refractivity contribution in [1.82, 2.24) is 0 Å². The second-order valence-corrected chi connectivity index (χ2v) is 5.59. The van der Waals surface area contributed by atoms with Crippen molar-refractivity contribution in [2.24, 2.45) is 0 Å². The Balaban J connectivity index is 2.24. The normalized spacial score (nSPS) is 20.9. The molecule has 0 bridgehead atoms. The lowest BCUT2D eigenvalue weighted by Crippen LogP contribution is -2.12. The van der Waals surface area contributed by atoms with Gasteiger partial charge in [-0.15, -0.1) is 0 Å². The van der Waals surface area contributed by atoms with E-state index in [1.54, 1.807) is 0 Å². The standard InChI is InChI=1S/C17H22O/c1-11-5-7-15(9-13(11)3)17(18)16-8-6-12(2)14(4)10-16/h9-10H,5-8H2,1-4H3. The Hall–Kier alpha value is -1.37. The molecule has 0 aromatic carbocycles. The fourth-order valence-electron chi connectivity index (χ4n) is 2.52. The first-order valence-corrected chi connectivity index (χ1v) is 6.77. The number of rotatable bonds is 2. The van der Waals surface area contributed by atoms with Crippen LogP contribution in [0.1, 0.15) is 53.4 Å². The molecule has 0 amide bonds. The van der Waals surface area contributed by atoms with Gasteiger partial charge in [-0.1, -0.05) is 34.4 Å². The minimum Gasteiger partial charge on any atom is -0.289 e. The average molecular weight is 242 g/mol. The fourth-order valence-corrected chi connectivity index (χ4v) is 2.52. The Bertz CT molecular complexity index is 464. The summed E-state index contributed by atoms with van der Waals surface area (Å²) in [4.78, 5) is 12.5. The summed E-state index contributed by atoms with van der Waals surface area (Å²) in [5.41, 5.74) is 7.36. The maximum atomic E-state index is 12.5. The average Bonchev–Trinajstić information content (AvgIpc) is 2.35. The predicted octanol–water partition coefficient (Wildman–Crippen LogP) is 4.67. The van der Waals surface area contributed by atoms with Crippen LogP contribution < -0.4 is 0 Å². The zero-order chi connectivity index (χ0) is 13.3. The van der Waals surface area contributed by atoms with Gasteiger partial charge in [-0.25, -0.2) is 0 Å². The van der Waals surface area contributed by atoms with Crippen LogP contribution in [0.25, 0.3) is 0 Å². The lowest BCUT2D eigenvalue weighted by atomic mass is 9.85. The number of hydrogen-bond acceptors (Lipinski definition) is 1. The molecule has 0 spiro atoms. The summed E-state index contributed by atoms with van der Waals surface area (Å²) in [5, 5.41) is 0. The van der Waals surface area contributed by atoms with E-state index in [2.05, 4.69) is 39.8 Å². The highest BCUT2D eigenvalue weighted by Gasteiger charge is 2.20. The molecule has 0 heterocycles. The summed E-state index contributed by atoms with van der Waals surface area (Å²) in [5.74, 6) is 0.272. The quantitative estimate of drug-likeness (QED) is 0.687. The summed E-state index contributed by atoms with van der Waals surface area (Å²) in [6.45, 7) is 8.52. The van der Waals surface area contributed by atoms with Crippen molar-refractivity contribution in [2.45, 2.75) is 53.4 Å². The van der Waals surface area contributed by atoms with E-state index < -0.39 is 0 Å². The highest BCUT2D eigenvalue weighted by molar-refractivity contribution is 6.09. The maximum Gasteiger partial charge on any atom is 0.185 e. The Morgan fingerprint density at radius 2 is 1.17 bits per heavy atom. The molecule has 2 aliphatic rings. The van der Waals surface area contributed by atoms with Crippen LogP contribution in [0.3, 0.4) is 0 Å². The van der Waals surface area contributed by atoms with Crippen LogP contribution in [-0.4, -0.2) is 5.78 Å². The summed E-state index contributed by atoms with van der Waals surface area (Å²) < 4.78 is 0. The van der Waals surface area contributed by atoms with Gasteiger partial charge in [-0.2, -0.15) is 0 Å². The zero-order valence-electron chi connectivity index (χ0n) is 11.9. The lowest BCUT2D eigenvalue weighted by Gasteiger charge is -2.19. The number of Topliss-reactive ketones (excluding diaryl/α,β-unsaturated/α-hetero) is 1. The summed E-state index contributed by atoms with van der Waals surface area (Å²) in [6.07, 6.45) is 8.04. The van der Waals surface area contributed by atoms with Gasteiger partial charge in [0.15, 0.2) is 5.78 Å². The molecular weight excluding hydrogens is 220 g/mol. The van der Waals surface area contributed by atoms with Crippen LogP contribution in [0.5, 0.6) is 0 Å². The molecule has 0 saturated carbocycles. The van der Waals surface area contributed by atoms with Crippen molar-refractivity contribution in [3.8, 4) is 0 Å². The number of allylic oxidation sites excluding steroid dienone is 8. The molecule has 0 N–H and O–H groups in total. The third-order valence-corrected chi connectivity index (χ3v) is 4.25. The van der Waals surface area contributed by atoms with Crippen molar-refractivity contribution in [2.75, 3.05) is 0 Å². The monoisotopic (exact) mass is 242 g/mol. The Morgan fingerprint density at radius 3 is 1.50 bits per heavy atom. The molecule has 1 heteroatoms. The van der Waals surface area contributed by atoms with E-state index in [4.69, 9.17) is 0 Å². The number of hydrogen-bond donors (Lipinski definition) is 0. The van der Waals surface area contributed by atoms with E-state index in [1.165, 1.54) is 22.3 Å². The lowest BCUT2D eigenvalue weighted by molar-refractivity contribution is -0.112. The Kier molecular flexibility index (Phi) is 3.70. The molecule has 18 heavy (non-hydrogen) atoms. The highest BCUT2D eigenvalue weighted by atomic mass is 16.1. The van der Waals surface area contributed by atoms with E-state index in [9.17, 15) is 4.79 Å². The molecule has 2 aliphatic carbocycles. The first-order valence-electron chi connectivity index (χ1n) is 6.77. The van der Waals surface area contributed by atoms with Gasteiger partial charge in [-0.3, -0.25) is 4.79 Å². The minimum atomic E-state index is 0.272. The summed E-state index contributed by atoms with van der Waals surface area (Å²) >= 11 is 0. The smallest absolute Gasteiger partial charge is 0.185 e. The Morgan fingerprint density at radius 1 is 0.778 bits per heavy atom. The third-order valence-electron chi connectivity index (χ3n) is 4.25. The molecule has 0 atom stereocenters. The van der Waals surface area contributed by atoms with Gasteiger partial charge in [0.25, 0.3) is 0 Å². The van der Waals surface area contributed by atoms with Crippen molar-refractivity contribution >= 4 is 5.78 Å². The molecule has 1 nitrogen and oxygen atoms in total. The molecular formula is C17H22O. The SMILES string of the molecule is CC1=C(C)CCC(C(=O)C2=CC(C)=C(C)CC2)=C1. The largest absolute Gasteiger partial charge is 0.289 e. The molecule has 0 saturated heterocycles. The van der Waals surface area contributed by atoms with E-state index in [-0.39, 0.29) is 5.78 Å². The molecule has 96 valence electrons. The molecule has 0 radical (unpaired) electrons. The second-order valence-electron chi connectivity index (χ2n) is 5.59. The first-order chi connectivity index (χ1) is 8.49. The van der Waals surface area contributed by atoms with Gasteiger partial charge in [0, 0.05) is 11.1 Å². The molecule has 0 aromatic heterocycles. The molecule has 0 fully saturated rings. The van der Waals surface area contributed by atoms with Gasteiger partial charge in [-0.05, 0) is 53.4 Å². The van der Waals surface area contributed by atoms with Crippen LogP contribution in [0.4, 0.5) is 0 Å². The van der Waals surface area contributed by atoms with Crippen LogP contribution in [0.15, 0.2) is 45.6 Å². The first kappa shape index (κ1) is 13.1. The summed E-state index contributed by atoms with van der Waals surface area (Å²) in [6, 6.07) is 0. The van der Waals surface area contributed by atoms with Crippen LogP contribution in [0, 0.1) is 0 Å². The Labute approximate surface area is 110 Å². The van der Waals surface area contributed by atoms with Crippen molar-refractivity contribution in [1.29, 1.82) is 0 Å². The minimum absolute atomic E-state index is 0.272. The summed E-state index contributed by atoms with van der Waals surface area (Å²) in [7, 11) is 0. The van der Waals surface area contributed by atoms with Crippen LogP contribution in [0.2, 0.25) is 0 Å². The van der Waals surface area contributed by atoms with Gasteiger partial charge in [0.1, 0.15) is 0 Å². The van der Waals surface area contributed by atoms with E-state index in [0.29, 0.717) is 0 Å². The predicted molar refractivity (Wildman–Crippen MR) is 76.4 cm³/mol. The van der Waals surface area contributed by atoms with E-state index >= 15 is 0 Å². The van der Waals surface area contributed by atoms with Crippen molar-refractivity contribution in [3.63, 3.8) is 0 Å². The maximum absolute atomic E-state index is 12.5. The van der Waals surface area contributed by atoms with Crippen LogP contribution >= 0.6 is 0 Å². The number of carbonyl (C=O) groups excluding carboxylic acids is 1. The molecule has 0 aliphatic heterocycles. The van der Waals surface area contributed by atoms with Gasteiger partial charge >= 0.3 is 0 Å². The van der Waals surface area contributed by atoms with Crippen LogP contribution in [-0.2, 0) is 4.79 Å². The van der Waals surface area contributed by atoms with E-state index in [1.807, 2.05) is 0 Å². The van der Waals surface area contributed by atoms with Crippen molar-refractivity contribution < 1.29 is 4.79 Å². The van der Waals surface area contributed by atoms with Gasteiger partial charge < -0.3 is 0 Å². The van der Waals surface area contributed by atoms with Gasteiger partial charge in [0.2, 0.25) is 0 Å². The molecule has 0 aromatic rings. The van der Waals surface area contributed by atoms with E-state index in [0.717, 1.165) is 36.8 Å². The third kappa shape index (κ3) is 2.55. The molecule has 2 rings (SSSR count). The number of ketones is 1. The molecule has 0 unspecified atom stereocenters. The highest BCUT2D eigenvalue weighted by Crippen LogP contribution is 2.30. The second kappa shape index (κ2) is 5.09. The van der Waals surface area contributed by atoms with Crippen molar-refractivity contribution in [3.05, 3.63) is 45.6 Å². The van der Waals surface area contributed by atoms with Gasteiger partial charge in [0.05, 0.1) is 0 Å².